The Bertz CT molecular complexity index is 772. The van der Waals surface area contributed by atoms with Crippen molar-refractivity contribution in [3.8, 4) is 0 Å². The van der Waals surface area contributed by atoms with E-state index in [1.165, 1.54) is 25.6 Å². The molecule has 2 saturated heterocycles. The first kappa shape index (κ1) is 23.0. The largest absolute Gasteiger partial charge is 0.364 e. The van der Waals surface area contributed by atoms with Crippen molar-refractivity contribution in [2.24, 2.45) is 10.9 Å². The van der Waals surface area contributed by atoms with Crippen molar-refractivity contribution in [2.45, 2.75) is 45.4 Å². The minimum absolute atomic E-state index is 0.119. The Morgan fingerprint density at radius 1 is 1.30 bits per heavy atom. The molecule has 0 spiro atoms. The van der Waals surface area contributed by atoms with Crippen LogP contribution < -0.4 is 5.32 Å². The molecule has 0 amide bonds. The first-order valence-corrected chi connectivity index (χ1v) is 12.6. The maximum atomic E-state index is 12.6. The molecule has 3 rings (SSSR count). The third kappa shape index (κ3) is 6.18. The Morgan fingerprint density at radius 3 is 2.70 bits per heavy atom. The average molecular weight is 441 g/mol. The zero-order valence-electron chi connectivity index (χ0n) is 18.5. The number of guanidine groups is 1. The Morgan fingerprint density at radius 2 is 2.07 bits per heavy atom. The lowest BCUT2D eigenvalue weighted by Gasteiger charge is -2.37. The second-order valence-corrected chi connectivity index (χ2v) is 10.4. The third-order valence-corrected chi connectivity index (χ3v) is 7.68. The molecule has 1 unspecified atom stereocenters. The van der Waals surface area contributed by atoms with Gasteiger partial charge in [-0.05, 0) is 46.1 Å². The second kappa shape index (κ2) is 10.6. The van der Waals surface area contributed by atoms with Gasteiger partial charge < -0.3 is 19.6 Å². The number of rotatable bonds is 7. The van der Waals surface area contributed by atoms with E-state index >= 15 is 0 Å². The van der Waals surface area contributed by atoms with Gasteiger partial charge in [-0.25, -0.2) is 8.42 Å². The van der Waals surface area contributed by atoms with Crippen LogP contribution in [0.2, 0.25) is 0 Å². The molecule has 30 heavy (non-hydrogen) atoms. The fourth-order valence-corrected chi connectivity index (χ4v) is 5.55. The second-order valence-electron chi connectivity index (χ2n) is 8.42. The van der Waals surface area contributed by atoms with Crippen LogP contribution in [-0.2, 0) is 15.8 Å². The summed E-state index contributed by atoms with van der Waals surface area (Å²) in [6.07, 6.45) is 3.85. The van der Waals surface area contributed by atoms with Gasteiger partial charge in [0.25, 0.3) is 0 Å². The molecule has 0 bridgehead atoms. The van der Waals surface area contributed by atoms with Gasteiger partial charge in [-0.15, -0.1) is 0 Å². The predicted octanol–water partition coefficient (Wildman–Crippen LogP) is 1.21. The Balaban J connectivity index is 1.55. The van der Waals surface area contributed by atoms with E-state index in [0.29, 0.717) is 43.8 Å². The van der Waals surface area contributed by atoms with Gasteiger partial charge in [-0.3, -0.25) is 4.99 Å². The maximum absolute atomic E-state index is 12.6. The number of nitrogens with zero attached hydrogens (tertiary/aromatic N) is 5. The first-order valence-electron chi connectivity index (χ1n) is 11.0. The van der Waals surface area contributed by atoms with Gasteiger partial charge >= 0.3 is 0 Å². The van der Waals surface area contributed by atoms with Crippen LogP contribution in [0.15, 0.2) is 21.8 Å². The predicted molar refractivity (Wildman–Crippen MR) is 118 cm³/mol. The molecule has 170 valence electrons. The van der Waals surface area contributed by atoms with E-state index in [1.807, 2.05) is 0 Å². The molecule has 1 aromatic heterocycles. The Kier molecular flexibility index (Phi) is 8.13. The van der Waals surface area contributed by atoms with E-state index in [4.69, 9.17) is 9.52 Å². The minimum Gasteiger partial charge on any atom is -0.364 e. The third-order valence-electron chi connectivity index (χ3n) is 5.87. The van der Waals surface area contributed by atoms with E-state index in [-0.39, 0.29) is 5.75 Å². The highest BCUT2D eigenvalue weighted by atomic mass is 32.2. The summed E-state index contributed by atoms with van der Waals surface area (Å²) in [7, 11) is -3.39. The molecule has 0 saturated carbocycles. The molecule has 10 heteroatoms. The SMILES string of the molecule is CCNC(=NCC1CCCN(C(C)C)C1)N1CCN(S(=O)(=O)Cc2ccon2)CC1. The molecular weight excluding hydrogens is 404 g/mol. The lowest BCUT2D eigenvalue weighted by Crippen LogP contribution is -2.54. The lowest BCUT2D eigenvalue weighted by atomic mass is 9.97. The summed E-state index contributed by atoms with van der Waals surface area (Å²) >= 11 is 0. The van der Waals surface area contributed by atoms with Gasteiger partial charge in [0.15, 0.2) is 5.96 Å². The number of aromatic nitrogens is 1. The molecule has 3 heterocycles. The molecule has 0 aliphatic carbocycles. The number of aliphatic imine (C=N–C) groups is 1. The molecule has 0 radical (unpaired) electrons. The summed E-state index contributed by atoms with van der Waals surface area (Å²) in [4.78, 5) is 9.63. The van der Waals surface area contributed by atoms with Gasteiger partial charge in [0.1, 0.15) is 12.0 Å². The van der Waals surface area contributed by atoms with Crippen molar-refractivity contribution in [1.82, 2.24) is 24.6 Å². The maximum Gasteiger partial charge on any atom is 0.220 e. The number of likely N-dealkylation sites (tertiary alicyclic amines) is 1. The lowest BCUT2D eigenvalue weighted by molar-refractivity contribution is 0.143. The summed E-state index contributed by atoms with van der Waals surface area (Å²) in [6, 6.07) is 2.17. The van der Waals surface area contributed by atoms with Crippen molar-refractivity contribution in [1.29, 1.82) is 0 Å². The number of hydrogen-bond acceptors (Lipinski definition) is 6. The van der Waals surface area contributed by atoms with Crippen LogP contribution in [0.25, 0.3) is 0 Å². The number of piperidine rings is 1. The van der Waals surface area contributed by atoms with Gasteiger partial charge in [-0.1, -0.05) is 5.16 Å². The highest BCUT2D eigenvalue weighted by Crippen LogP contribution is 2.19. The molecule has 1 atom stereocenters. The number of nitrogens with one attached hydrogen (secondary N) is 1. The summed E-state index contributed by atoms with van der Waals surface area (Å²) in [6.45, 7) is 12.6. The Labute approximate surface area is 180 Å². The molecule has 2 aliphatic rings. The zero-order chi connectivity index (χ0) is 21.6. The molecule has 2 fully saturated rings. The fourth-order valence-electron chi connectivity index (χ4n) is 4.12. The summed E-state index contributed by atoms with van der Waals surface area (Å²) in [5.74, 6) is 1.36. The van der Waals surface area contributed by atoms with Gasteiger partial charge in [0.2, 0.25) is 10.0 Å². The molecule has 2 aliphatic heterocycles. The average Bonchev–Trinajstić information content (AvgIpc) is 3.24. The van der Waals surface area contributed by atoms with E-state index < -0.39 is 10.0 Å². The first-order chi connectivity index (χ1) is 14.4. The van der Waals surface area contributed by atoms with Crippen LogP contribution in [0.1, 0.15) is 39.3 Å². The van der Waals surface area contributed by atoms with Crippen molar-refractivity contribution in [3.05, 3.63) is 18.0 Å². The van der Waals surface area contributed by atoms with Crippen LogP contribution in [-0.4, -0.2) is 92.0 Å². The smallest absolute Gasteiger partial charge is 0.220 e. The van der Waals surface area contributed by atoms with Gasteiger partial charge in [-0.2, -0.15) is 4.31 Å². The molecule has 1 N–H and O–H groups in total. The quantitative estimate of drug-likeness (QED) is 0.503. The van der Waals surface area contributed by atoms with E-state index in [2.05, 4.69) is 41.0 Å². The number of sulfonamides is 1. The molecule has 0 aromatic carbocycles. The zero-order valence-corrected chi connectivity index (χ0v) is 19.3. The fraction of sp³-hybridized carbons (Fsp3) is 0.800. The highest BCUT2D eigenvalue weighted by Gasteiger charge is 2.29. The van der Waals surface area contributed by atoms with Crippen molar-refractivity contribution < 1.29 is 12.9 Å². The van der Waals surface area contributed by atoms with Crippen molar-refractivity contribution in [2.75, 3.05) is 52.4 Å². The van der Waals surface area contributed by atoms with E-state index in [9.17, 15) is 8.42 Å². The van der Waals surface area contributed by atoms with E-state index in [1.54, 1.807) is 10.4 Å². The van der Waals surface area contributed by atoms with Crippen LogP contribution >= 0.6 is 0 Å². The number of hydrogen-bond donors (Lipinski definition) is 1. The normalized spacial score (nSPS) is 22.6. The van der Waals surface area contributed by atoms with Crippen LogP contribution in [0.5, 0.6) is 0 Å². The van der Waals surface area contributed by atoms with Crippen molar-refractivity contribution >= 4 is 16.0 Å². The van der Waals surface area contributed by atoms with Crippen molar-refractivity contribution in [3.63, 3.8) is 0 Å². The standard InChI is InChI=1S/C20H36N6O3S/c1-4-21-20(22-14-18-6-5-8-25(15-18)17(2)3)24-9-11-26(12-10-24)30(27,28)16-19-7-13-29-23-19/h7,13,17-18H,4-6,8-12,14-16H2,1-3H3,(H,21,22). The van der Waals surface area contributed by atoms with Crippen LogP contribution in [0.3, 0.4) is 0 Å². The highest BCUT2D eigenvalue weighted by molar-refractivity contribution is 7.88. The summed E-state index contributed by atoms with van der Waals surface area (Å²) in [5.41, 5.74) is 0.440. The minimum atomic E-state index is -3.39. The monoisotopic (exact) mass is 440 g/mol. The van der Waals surface area contributed by atoms with Crippen LogP contribution in [0, 0.1) is 5.92 Å². The van der Waals surface area contributed by atoms with E-state index in [0.717, 1.165) is 25.6 Å². The number of piperazine rings is 1. The molecular formula is C20H36N6O3S. The summed E-state index contributed by atoms with van der Waals surface area (Å²) < 4.78 is 31.6. The van der Waals surface area contributed by atoms with Gasteiger partial charge in [0.05, 0.1) is 5.69 Å². The molecule has 1 aromatic rings. The van der Waals surface area contributed by atoms with Crippen LogP contribution in [0.4, 0.5) is 0 Å². The topological polar surface area (TPSA) is 94.3 Å². The van der Waals surface area contributed by atoms with Gasteiger partial charge in [0, 0.05) is 57.9 Å². The molecule has 9 nitrogen and oxygen atoms in total. The summed E-state index contributed by atoms with van der Waals surface area (Å²) in [5, 5.41) is 7.11. The Hall–Kier alpha value is -1.65.